The Kier molecular flexibility index (Phi) is 3.65. The smallest absolute Gasteiger partial charge is 0.487 e. The molecule has 2 fully saturated rings. The molecule has 3 rings (SSSR count). The Labute approximate surface area is 133 Å². The summed E-state index contributed by atoms with van der Waals surface area (Å²) >= 11 is 0. The molecule has 1 aliphatic carbocycles. The largest absolute Gasteiger partial charge is 0.514 e. The molecule has 22 heavy (non-hydrogen) atoms. The highest BCUT2D eigenvalue weighted by Crippen LogP contribution is 2.37. The van der Waals surface area contributed by atoms with Crippen molar-refractivity contribution in [3.05, 3.63) is 12.1 Å². The molecule has 1 saturated heterocycles. The number of hydrogen-bond acceptors (Lipinski definition) is 5. The topological polar surface area (TPSA) is 43.8 Å². The summed E-state index contributed by atoms with van der Waals surface area (Å²) in [5.74, 6) is 1.65. The monoisotopic (exact) mass is 304 g/mol. The molecule has 0 amide bonds. The summed E-state index contributed by atoms with van der Waals surface area (Å²) in [6, 6.07) is 3.91. The minimum atomic E-state index is -0.446. The van der Waals surface area contributed by atoms with E-state index in [1.165, 1.54) is 0 Å². The van der Waals surface area contributed by atoms with Gasteiger partial charge < -0.3 is 18.9 Å². The first-order valence-electron chi connectivity index (χ1n) is 7.90. The molecule has 0 atom stereocenters. The van der Waals surface area contributed by atoms with E-state index in [0.29, 0.717) is 6.10 Å². The first kappa shape index (κ1) is 15.6. The molecular formula is C16H25BN2O3. The summed E-state index contributed by atoms with van der Waals surface area (Å²) in [5.41, 5.74) is 0.0623. The van der Waals surface area contributed by atoms with Crippen molar-refractivity contribution < 1.29 is 14.0 Å². The van der Waals surface area contributed by atoms with Gasteiger partial charge >= 0.3 is 7.12 Å². The highest BCUT2D eigenvalue weighted by atomic mass is 16.7. The van der Waals surface area contributed by atoms with E-state index >= 15 is 0 Å². The molecule has 1 saturated carbocycles. The van der Waals surface area contributed by atoms with Crippen molar-refractivity contribution in [2.24, 2.45) is 0 Å². The third-order valence-corrected chi connectivity index (χ3v) is 4.60. The van der Waals surface area contributed by atoms with Gasteiger partial charge in [0.2, 0.25) is 0 Å². The van der Waals surface area contributed by atoms with Crippen molar-refractivity contribution in [1.29, 1.82) is 0 Å². The van der Waals surface area contributed by atoms with Crippen LogP contribution >= 0.6 is 0 Å². The summed E-state index contributed by atoms with van der Waals surface area (Å²) in [6.07, 6.45) is 2.61. The van der Waals surface area contributed by atoms with Gasteiger partial charge in [0.05, 0.1) is 22.9 Å². The zero-order valence-corrected chi connectivity index (χ0v) is 14.3. The van der Waals surface area contributed by atoms with E-state index in [0.717, 1.165) is 30.0 Å². The standard InChI is InChI=1S/C16H25BN2O3/c1-15(2)16(3,4)22-17(21-15)13-10-9-12(20-11-7-8-11)14(18-13)19(5)6/h9-11H,7-8H2,1-6H3. The maximum atomic E-state index is 6.07. The van der Waals surface area contributed by atoms with Crippen molar-refractivity contribution >= 4 is 18.5 Å². The number of anilines is 1. The van der Waals surface area contributed by atoms with Gasteiger partial charge in [-0.15, -0.1) is 0 Å². The van der Waals surface area contributed by atoms with Crippen LogP contribution in [0.15, 0.2) is 12.1 Å². The predicted molar refractivity (Wildman–Crippen MR) is 87.9 cm³/mol. The first-order chi connectivity index (χ1) is 10.2. The average molecular weight is 304 g/mol. The zero-order valence-electron chi connectivity index (χ0n) is 14.3. The van der Waals surface area contributed by atoms with Crippen LogP contribution in [0, 0.1) is 0 Å². The molecule has 2 heterocycles. The van der Waals surface area contributed by atoms with Crippen LogP contribution in [0.5, 0.6) is 5.75 Å². The highest BCUT2D eigenvalue weighted by molar-refractivity contribution is 6.61. The van der Waals surface area contributed by atoms with E-state index in [9.17, 15) is 0 Å². The van der Waals surface area contributed by atoms with Crippen LogP contribution in [-0.4, -0.2) is 43.5 Å². The van der Waals surface area contributed by atoms with Gasteiger partial charge in [-0.3, -0.25) is 0 Å². The van der Waals surface area contributed by atoms with Gasteiger partial charge in [0.15, 0.2) is 11.6 Å². The summed E-state index contributed by atoms with van der Waals surface area (Å²) in [5, 5.41) is 0. The number of pyridine rings is 1. The molecule has 1 aromatic rings. The fraction of sp³-hybridized carbons (Fsp3) is 0.688. The molecule has 120 valence electrons. The third-order valence-electron chi connectivity index (χ3n) is 4.60. The summed E-state index contributed by atoms with van der Waals surface area (Å²) in [6.45, 7) is 8.18. The molecule has 0 spiro atoms. The molecular weight excluding hydrogens is 279 g/mol. The van der Waals surface area contributed by atoms with Gasteiger partial charge in [0.25, 0.3) is 0 Å². The Hall–Kier alpha value is -1.27. The van der Waals surface area contributed by atoms with E-state index < -0.39 is 7.12 Å². The van der Waals surface area contributed by atoms with Crippen LogP contribution in [0.2, 0.25) is 0 Å². The maximum Gasteiger partial charge on any atom is 0.514 e. The maximum absolute atomic E-state index is 6.07. The lowest BCUT2D eigenvalue weighted by molar-refractivity contribution is 0.00578. The van der Waals surface area contributed by atoms with Gasteiger partial charge in [0, 0.05) is 14.1 Å². The van der Waals surface area contributed by atoms with Gasteiger partial charge in [-0.05, 0) is 52.7 Å². The lowest BCUT2D eigenvalue weighted by Gasteiger charge is -2.32. The van der Waals surface area contributed by atoms with Crippen molar-refractivity contribution in [3.8, 4) is 5.75 Å². The van der Waals surface area contributed by atoms with Gasteiger partial charge in [-0.2, -0.15) is 0 Å². The quantitative estimate of drug-likeness (QED) is 0.796. The fourth-order valence-electron chi connectivity index (χ4n) is 2.32. The van der Waals surface area contributed by atoms with Crippen molar-refractivity contribution in [2.45, 2.75) is 57.8 Å². The summed E-state index contributed by atoms with van der Waals surface area (Å²) in [7, 11) is 3.49. The van der Waals surface area contributed by atoms with Crippen LogP contribution in [0.1, 0.15) is 40.5 Å². The van der Waals surface area contributed by atoms with Crippen LogP contribution in [-0.2, 0) is 9.31 Å². The second kappa shape index (κ2) is 5.13. The molecule has 0 aromatic carbocycles. The predicted octanol–water partition coefficient (Wildman–Crippen LogP) is 1.99. The Bertz CT molecular complexity index is 555. The molecule has 5 nitrogen and oxygen atoms in total. The second-order valence-corrected chi connectivity index (χ2v) is 7.36. The molecule has 1 aromatic heterocycles. The minimum absolute atomic E-state index is 0.350. The van der Waals surface area contributed by atoms with Crippen molar-refractivity contribution in [1.82, 2.24) is 4.98 Å². The number of aromatic nitrogens is 1. The zero-order chi connectivity index (χ0) is 16.1. The Morgan fingerprint density at radius 3 is 2.23 bits per heavy atom. The first-order valence-corrected chi connectivity index (χ1v) is 7.90. The number of nitrogens with zero attached hydrogens (tertiary/aromatic N) is 2. The van der Waals surface area contributed by atoms with Crippen LogP contribution < -0.4 is 15.2 Å². The molecule has 0 N–H and O–H groups in total. The number of ether oxygens (including phenoxy) is 1. The second-order valence-electron chi connectivity index (χ2n) is 7.36. The van der Waals surface area contributed by atoms with E-state index in [4.69, 9.17) is 19.0 Å². The van der Waals surface area contributed by atoms with Crippen LogP contribution in [0.4, 0.5) is 5.82 Å². The molecule has 6 heteroatoms. The van der Waals surface area contributed by atoms with Crippen LogP contribution in [0.25, 0.3) is 0 Å². The minimum Gasteiger partial charge on any atom is -0.487 e. The Morgan fingerprint density at radius 2 is 1.73 bits per heavy atom. The molecule has 0 unspecified atom stereocenters. The molecule has 0 bridgehead atoms. The van der Waals surface area contributed by atoms with Crippen LogP contribution in [0.3, 0.4) is 0 Å². The normalized spacial score (nSPS) is 22.7. The lowest BCUT2D eigenvalue weighted by Crippen LogP contribution is -2.41. The Morgan fingerprint density at radius 1 is 1.14 bits per heavy atom. The van der Waals surface area contributed by atoms with E-state index in [1.54, 1.807) is 0 Å². The Balaban J connectivity index is 1.87. The molecule has 2 aliphatic rings. The van der Waals surface area contributed by atoms with Gasteiger partial charge in [-0.1, -0.05) is 0 Å². The summed E-state index contributed by atoms with van der Waals surface area (Å²) < 4.78 is 18.1. The van der Waals surface area contributed by atoms with Crippen molar-refractivity contribution in [2.75, 3.05) is 19.0 Å². The SMILES string of the molecule is CN(C)c1nc(B2OC(C)(C)C(C)(C)O2)ccc1OC1CC1. The lowest BCUT2D eigenvalue weighted by atomic mass is 9.84. The van der Waals surface area contributed by atoms with E-state index in [-0.39, 0.29) is 11.2 Å². The number of rotatable bonds is 4. The van der Waals surface area contributed by atoms with E-state index in [2.05, 4.69) is 0 Å². The van der Waals surface area contributed by atoms with Crippen molar-refractivity contribution in [3.63, 3.8) is 0 Å². The highest BCUT2D eigenvalue weighted by Gasteiger charge is 2.52. The fourth-order valence-corrected chi connectivity index (χ4v) is 2.32. The van der Waals surface area contributed by atoms with Gasteiger partial charge in [0.1, 0.15) is 0 Å². The number of hydrogen-bond donors (Lipinski definition) is 0. The third kappa shape index (κ3) is 2.82. The molecule has 1 aliphatic heterocycles. The average Bonchev–Trinajstić information content (AvgIpc) is 3.17. The van der Waals surface area contributed by atoms with Gasteiger partial charge in [-0.25, -0.2) is 4.98 Å². The molecule has 0 radical (unpaired) electrons. The summed E-state index contributed by atoms with van der Waals surface area (Å²) in [4.78, 5) is 6.68. The van der Waals surface area contributed by atoms with E-state index in [1.807, 2.05) is 58.8 Å².